The number of amides is 2. The fourth-order valence-electron chi connectivity index (χ4n) is 3.96. The number of aryl methyl sites for hydroxylation is 3. The molecule has 0 heterocycles. The van der Waals surface area contributed by atoms with Crippen LogP contribution in [0, 0.1) is 20.8 Å². The van der Waals surface area contributed by atoms with E-state index in [0.29, 0.717) is 28.8 Å². The fourth-order valence-corrected chi connectivity index (χ4v) is 5.77. The number of primary amides is 1. The Bertz CT molecular complexity index is 1260. The highest BCUT2D eigenvalue weighted by molar-refractivity contribution is 7.89. The molecule has 0 unspecified atom stereocenters. The zero-order valence-electron chi connectivity index (χ0n) is 19.5. The molecule has 0 fully saturated rings. The molecule has 34 heavy (non-hydrogen) atoms. The van der Waals surface area contributed by atoms with Crippen LogP contribution in [-0.4, -0.2) is 37.6 Å². The van der Waals surface area contributed by atoms with Crippen molar-refractivity contribution in [3.8, 4) is 0 Å². The van der Waals surface area contributed by atoms with Gasteiger partial charge in [0.2, 0.25) is 21.8 Å². The van der Waals surface area contributed by atoms with Crippen molar-refractivity contribution < 1.29 is 18.0 Å². The first-order valence-electron chi connectivity index (χ1n) is 10.9. The highest BCUT2D eigenvalue weighted by Gasteiger charge is 2.29. The molecule has 178 valence electrons. The topological polar surface area (TPSA) is 110 Å². The van der Waals surface area contributed by atoms with E-state index in [-0.39, 0.29) is 18.0 Å². The molecule has 0 saturated carbocycles. The predicted octanol–water partition coefficient (Wildman–Crippen LogP) is 3.58. The zero-order chi connectivity index (χ0) is 24.9. The van der Waals surface area contributed by atoms with E-state index >= 15 is 0 Å². The average molecular weight is 480 g/mol. The van der Waals surface area contributed by atoms with Gasteiger partial charge in [0.1, 0.15) is 0 Å². The maximum absolute atomic E-state index is 13.7. The molecule has 0 aliphatic carbocycles. The van der Waals surface area contributed by atoms with E-state index < -0.39 is 21.8 Å². The highest BCUT2D eigenvalue weighted by Crippen LogP contribution is 2.25. The SMILES string of the molecule is Cc1cc(C)c(S(=O)(=O)N(CCc2ccccc2)CC(=O)Nc2ccc(C(N)=O)cc2)c(C)c1. The third-order valence-electron chi connectivity index (χ3n) is 5.47. The van der Waals surface area contributed by atoms with Crippen LogP contribution in [0.1, 0.15) is 32.6 Å². The number of nitrogens with zero attached hydrogens (tertiary/aromatic N) is 1. The summed E-state index contributed by atoms with van der Waals surface area (Å²) in [6.45, 7) is 5.25. The number of carbonyl (C=O) groups is 2. The smallest absolute Gasteiger partial charge is 0.248 e. The Morgan fingerprint density at radius 1 is 0.912 bits per heavy atom. The van der Waals surface area contributed by atoms with Gasteiger partial charge < -0.3 is 11.1 Å². The molecule has 7 nitrogen and oxygen atoms in total. The number of benzene rings is 3. The van der Waals surface area contributed by atoms with Gasteiger partial charge in [0, 0.05) is 17.8 Å². The monoisotopic (exact) mass is 479 g/mol. The molecule has 0 atom stereocenters. The summed E-state index contributed by atoms with van der Waals surface area (Å²) < 4.78 is 28.6. The molecule has 3 N–H and O–H groups in total. The second kappa shape index (κ2) is 10.6. The fraction of sp³-hybridized carbons (Fsp3) is 0.231. The molecule has 0 aliphatic heterocycles. The lowest BCUT2D eigenvalue weighted by Crippen LogP contribution is -2.39. The highest BCUT2D eigenvalue weighted by atomic mass is 32.2. The molecule has 0 radical (unpaired) electrons. The molecule has 3 rings (SSSR count). The van der Waals surface area contributed by atoms with Crippen molar-refractivity contribution in [1.29, 1.82) is 0 Å². The Labute approximate surface area is 200 Å². The summed E-state index contributed by atoms with van der Waals surface area (Å²) >= 11 is 0. The number of nitrogens with one attached hydrogen (secondary N) is 1. The van der Waals surface area contributed by atoms with Crippen molar-refractivity contribution in [3.63, 3.8) is 0 Å². The lowest BCUT2D eigenvalue weighted by Gasteiger charge is -2.24. The van der Waals surface area contributed by atoms with Crippen LogP contribution in [0.2, 0.25) is 0 Å². The molecule has 0 aromatic heterocycles. The van der Waals surface area contributed by atoms with E-state index in [9.17, 15) is 18.0 Å². The minimum atomic E-state index is -3.94. The molecular weight excluding hydrogens is 450 g/mol. The van der Waals surface area contributed by atoms with E-state index in [0.717, 1.165) is 11.1 Å². The summed E-state index contributed by atoms with van der Waals surface area (Å²) in [5, 5.41) is 2.70. The molecule has 8 heteroatoms. The van der Waals surface area contributed by atoms with Gasteiger partial charge in [0.15, 0.2) is 0 Å². The van der Waals surface area contributed by atoms with Crippen LogP contribution in [-0.2, 0) is 21.2 Å². The average Bonchev–Trinajstić information content (AvgIpc) is 2.76. The Morgan fingerprint density at radius 3 is 2.06 bits per heavy atom. The molecule has 0 bridgehead atoms. The normalized spacial score (nSPS) is 11.4. The van der Waals surface area contributed by atoms with Gasteiger partial charge >= 0.3 is 0 Å². The summed E-state index contributed by atoms with van der Waals surface area (Å²) in [4.78, 5) is 24.3. The number of carbonyl (C=O) groups excluding carboxylic acids is 2. The summed E-state index contributed by atoms with van der Waals surface area (Å²) in [6, 6.07) is 19.3. The summed E-state index contributed by atoms with van der Waals surface area (Å²) in [7, 11) is -3.94. The molecular formula is C26H29N3O4S. The van der Waals surface area contributed by atoms with Crippen molar-refractivity contribution in [1.82, 2.24) is 4.31 Å². The summed E-state index contributed by atoms with van der Waals surface area (Å²) in [6.07, 6.45) is 0.463. The largest absolute Gasteiger partial charge is 0.366 e. The van der Waals surface area contributed by atoms with Gasteiger partial charge in [0.05, 0.1) is 11.4 Å². The van der Waals surface area contributed by atoms with Gasteiger partial charge in [-0.2, -0.15) is 4.31 Å². The van der Waals surface area contributed by atoms with Gasteiger partial charge in [-0.3, -0.25) is 9.59 Å². The molecule has 3 aromatic rings. The first-order chi connectivity index (χ1) is 16.1. The first-order valence-corrected chi connectivity index (χ1v) is 12.3. The zero-order valence-corrected chi connectivity index (χ0v) is 20.4. The molecule has 0 saturated heterocycles. The molecule has 3 aromatic carbocycles. The minimum Gasteiger partial charge on any atom is -0.366 e. The van der Waals surface area contributed by atoms with E-state index in [1.165, 1.54) is 16.4 Å². The Balaban J connectivity index is 1.87. The second-order valence-corrected chi connectivity index (χ2v) is 10.2. The third-order valence-corrected chi connectivity index (χ3v) is 7.62. The van der Waals surface area contributed by atoms with Crippen LogP contribution < -0.4 is 11.1 Å². The Hall–Kier alpha value is -3.49. The van der Waals surface area contributed by atoms with Crippen LogP contribution in [0.15, 0.2) is 71.6 Å². The van der Waals surface area contributed by atoms with Gasteiger partial charge in [-0.25, -0.2) is 8.42 Å². The summed E-state index contributed by atoms with van der Waals surface area (Å²) in [5.74, 6) is -1.05. The van der Waals surface area contributed by atoms with E-state index in [1.54, 1.807) is 26.0 Å². The van der Waals surface area contributed by atoms with Crippen LogP contribution in [0.3, 0.4) is 0 Å². The molecule has 0 spiro atoms. The predicted molar refractivity (Wildman–Crippen MR) is 133 cm³/mol. The van der Waals surface area contributed by atoms with Crippen molar-refractivity contribution in [3.05, 3.63) is 94.5 Å². The van der Waals surface area contributed by atoms with E-state index in [2.05, 4.69) is 5.32 Å². The van der Waals surface area contributed by atoms with E-state index in [1.807, 2.05) is 49.4 Å². The van der Waals surface area contributed by atoms with Gasteiger partial charge in [-0.15, -0.1) is 0 Å². The minimum absolute atomic E-state index is 0.146. The van der Waals surface area contributed by atoms with Crippen molar-refractivity contribution in [2.75, 3.05) is 18.4 Å². The standard InChI is InChI=1S/C26H29N3O4S/c1-18-15-19(2)25(20(3)16-18)34(32,33)29(14-13-21-7-5-4-6-8-21)17-24(30)28-23-11-9-22(10-12-23)26(27)31/h4-12,15-16H,13-14,17H2,1-3H3,(H2,27,31)(H,28,30). The number of rotatable bonds is 9. The number of sulfonamides is 1. The number of hydrogen-bond donors (Lipinski definition) is 2. The summed E-state index contributed by atoms with van der Waals surface area (Å²) in [5.41, 5.74) is 9.24. The maximum Gasteiger partial charge on any atom is 0.248 e. The van der Waals surface area contributed by atoms with Crippen molar-refractivity contribution in [2.24, 2.45) is 5.73 Å². The van der Waals surface area contributed by atoms with Gasteiger partial charge in [-0.05, 0) is 68.1 Å². The molecule has 0 aliphatic rings. The van der Waals surface area contributed by atoms with Gasteiger partial charge in [0.25, 0.3) is 0 Å². The quantitative estimate of drug-likeness (QED) is 0.489. The first kappa shape index (κ1) is 25.1. The number of nitrogens with two attached hydrogens (primary N) is 1. The van der Waals surface area contributed by atoms with Crippen LogP contribution in [0.25, 0.3) is 0 Å². The van der Waals surface area contributed by atoms with Crippen molar-refractivity contribution >= 4 is 27.5 Å². The number of anilines is 1. The van der Waals surface area contributed by atoms with Crippen LogP contribution >= 0.6 is 0 Å². The number of hydrogen-bond acceptors (Lipinski definition) is 4. The van der Waals surface area contributed by atoms with E-state index in [4.69, 9.17) is 5.73 Å². The second-order valence-electron chi connectivity index (χ2n) is 8.29. The molecule has 2 amide bonds. The Kier molecular flexibility index (Phi) is 7.86. The van der Waals surface area contributed by atoms with Crippen molar-refractivity contribution in [2.45, 2.75) is 32.1 Å². The maximum atomic E-state index is 13.7. The Morgan fingerprint density at radius 2 is 1.50 bits per heavy atom. The third kappa shape index (κ3) is 6.09. The van der Waals surface area contributed by atoms with Gasteiger partial charge in [-0.1, -0.05) is 48.0 Å². The lowest BCUT2D eigenvalue weighted by molar-refractivity contribution is -0.116. The van der Waals surface area contributed by atoms with Crippen LogP contribution in [0.5, 0.6) is 0 Å². The van der Waals surface area contributed by atoms with Crippen LogP contribution in [0.4, 0.5) is 5.69 Å². The lowest BCUT2D eigenvalue weighted by atomic mass is 10.1.